The van der Waals surface area contributed by atoms with E-state index in [4.69, 9.17) is 4.74 Å². The van der Waals surface area contributed by atoms with Gasteiger partial charge in [0.25, 0.3) is 0 Å². The average Bonchev–Trinajstić information content (AvgIpc) is 3.20. The number of hydrogen-bond donors (Lipinski definition) is 1. The normalized spacial score (nSPS) is 15.1. The molecule has 0 amide bonds. The molecule has 1 aromatic heterocycles. The summed E-state index contributed by atoms with van der Waals surface area (Å²) in [5.74, 6) is 0.954. The molecule has 1 unspecified atom stereocenters. The van der Waals surface area contributed by atoms with Gasteiger partial charge in [0.15, 0.2) is 0 Å². The minimum Gasteiger partial charge on any atom is -0.496 e. The number of hydrogen-bond acceptors (Lipinski definition) is 5. The molecule has 29 heavy (non-hydrogen) atoms. The monoisotopic (exact) mass is 426 g/mol. The molecule has 6 heteroatoms. The minimum atomic E-state index is -1.13. The van der Waals surface area contributed by atoms with Crippen LogP contribution in [0.25, 0.3) is 0 Å². The molecule has 4 nitrogen and oxygen atoms in total. The molecule has 0 saturated carbocycles. The zero-order chi connectivity index (χ0) is 20.4. The van der Waals surface area contributed by atoms with Gasteiger partial charge in [-0.2, -0.15) is 0 Å². The van der Waals surface area contributed by atoms with Crippen LogP contribution in [0.3, 0.4) is 0 Å². The highest BCUT2D eigenvalue weighted by atomic mass is 32.2. The van der Waals surface area contributed by atoms with Crippen molar-refractivity contribution in [1.29, 1.82) is 0 Å². The van der Waals surface area contributed by atoms with Crippen LogP contribution in [0, 0.1) is 13.8 Å². The van der Waals surface area contributed by atoms with Gasteiger partial charge < -0.3 is 15.0 Å². The number of nitrogens with zero attached hydrogens (tertiary/aromatic N) is 1. The van der Waals surface area contributed by atoms with Crippen molar-refractivity contribution in [3.8, 4) is 5.75 Å². The standard InChI is InChI=1S/C23H26N2O2S2/c1-16-9-10-22-23(17(16)2)25(18-7-4-5-8-21(18)29(22)26)13-6-12-24-15-20-19(27-3)11-14-28-20/h4-5,7-11,14,24H,6,12-13,15H2,1-3H3. The third-order valence-electron chi connectivity index (χ3n) is 5.44. The van der Waals surface area contributed by atoms with Gasteiger partial charge in [0, 0.05) is 13.1 Å². The van der Waals surface area contributed by atoms with Gasteiger partial charge in [-0.1, -0.05) is 18.2 Å². The summed E-state index contributed by atoms with van der Waals surface area (Å²) < 4.78 is 18.5. The maximum Gasteiger partial charge on any atom is 0.134 e. The first-order valence-corrected chi connectivity index (χ1v) is 11.8. The number of aryl methyl sites for hydroxylation is 1. The Balaban J connectivity index is 1.51. The van der Waals surface area contributed by atoms with Crippen molar-refractivity contribution in [2.45, 2.75) is 36.6 Å². The van der Waals surface area contributed by atoms with E-state index in [1.165, 1.54) is 16.0 Å². The zero-order valence-electron chi connectivity index (χ0n) is 17.0. The number of para-hydroxylation sites is 1. The molecule has 0 bridgehead atoms. The van der Waals surface area contributed by atoms with Gasteiger partial charge in [0.2, 0.25) is 0 Å². The average molecular weight is 427 g/mol. The largest absolute Gasteiger partial charge is 0.496 e. The molecule has 1 atom stereocenters. The lowest BCUT2D eigenvalue weighted by atomic mass is 10.1. The van der Waals surface area contributed by atoms with E-state index >= 15 is 0 Å². The van der Waals surface area contributed by atoms with E-state index in [9.17, 15) is 4.21 Å². The maximum atomic E-state index is 13.1. The van der Waals surface area contributed by atoms with E-state index in [2.05, 4.69) is 41.6 Å². The number of thiophene rings is 1. The first-order chi connectivity index (χ1) is 14.1. The Morgan fingerprint density at radius 2 is 1.93 bits per heavy atom. The fourth-order valence-electron chi connectivity index (χ4n) is 3.77. The Morgan fingerprint density at radius 1 is 1.10 bits per heavy atom. The minimum absolute atomic E-state index is 0.816. The molecule has 0 radical (unpaired) electrons. The first kappa shape index (κ1) is 20.1. The van der Waals surface area contributed by atoms with E-state index in [1.807, 2.05) is 30.3 Å². The number of benzene rings is 2. The Morgan fingerprint density at radius 3 is 2.76 bits per heavy atom. The summed E-state index contributed by atoms with van der Waals surface area (Å²) in [5.41, 5.74) is 4.61. The Bertz CT molecular complexity index is 1050. The topological polar surface area (TPSA) is 41.6 Å². The highest BCUT2D eigenvalue weighted by Crippen LogP contribution is 2.44. The summed E-state index contributed by atoms with van der Waals surface area (Å²) in [6, 6.07) is 14.2. The molecule has 2 heterocycles. The summed E-state index contributed by atoms with van der Waals surface area (Å²) >= 11 is 1.71. The lowest BCUT2D eigenvalue weighted by Crippen LogP contribution is -2.28. The van der Waals surface area contributed by atoms with Crippen LogP contribution in [-0.4, -0.2) is 24.4 Å². The van der Waals surface area contributed by atoms with Gasteiger partial charge in [-0.15, -0.1) is 11.3 Å². The van der Waals surface area contributed by atoms with Gasteiger partial charge in [0.1, 0.15) is 5.75 Å². The van der Waals surface area contributed by atoms with Crippen molar-refractivity contribution >= 4 is 33.5 Å². The summed E-state index contributed by atoms with van der Waals surface area (Å²) in [6.07, 6.45) is 0.988. The number of ether oxygens (including phenoxy) is 1. The van der Waals surface area contributed by atoms with Crippen LogP contribution in [-0.2, 0) is 17.3 Å². The van der Waals surface area contributed by atoms with Crippen LogP contribution in [0.15, 0.2) is 57.6 Å². The van der Waals surface area contributed by atoms with Crippen LogP contribution in [0.2, 0.25) is 0 Å². The highest BCUT2D eigenvalue weighted by molar-refractivity contribution is 7.85. The quantitative estimate of drug-likeness (QED) is 0.529. The zero-order valence-corrected chi connectivity index (χ0v) is 18.7. The van der Waals surface area contributed by atoms with E-state index in [0.29, 0.717) is 0 Å². The van der Waals surface area contributed by atoms with E-state index < -0.39 is 10.8 Å². The second-order valence-corrected chi connectivity index (χ2v) is 9.60. The van der Waals surface area contributed by atoms with Crippen LogP contribution in [0.5, 0.6) is 5.75 Å². The molecule has 0 spiro atoms. The third kappa shape index (κ3) is 3.84. The lowest BCUT2D eigenvalue weighted by Gasteiger charge is -2.34. The van der Waals surface area contributed by atoms with Crippen LogP contribution in [0.1, 0.15) is 22.4 Å². The fraction of sp³-hybridized carbons (Fsp3) is 0.304. The molecule has 0 fully saturated rings. The molecule has 3 aromatic rings. The lowest BCUT2D eigenvalue weighted by molar-refractivity contribution is 0.410. The van der Waals surface area contributed by atoms with Crippen LogP contribution in [0.4, 0.5) is 11.4 Å². The first-order valence-electron chi connectivity index (χ1n) is 9.81. The molecule has 4 rings (SSSR count). The predicted molar refractivity (Wildman–Crippen MR) is 121 cm³/mol. The van der Waals surface area contributed by atoms with E-state index in [-0.39, 0.29) is 0 Å². The molecule has 0 saturated heterocycles. The van der Waals surface area contributed by atoms with Crippen molar-refractivity contribution in [3.05, 3.63) is 63.8 Å². The Labute approximate surface area is 179 Å². The second kappa shape index (κ2) is 8.69. The molecule has 1 aliphatic rings. The predicted octanol–water partition coefficient (Wildman–Crippen LogP) is 5.17. The SMILES string of the molecule is COc1ccsc1CNCCCN1c2ccccc2S(=O)c2ccc(C)c(C)c21. The van der Waals surface area contributed by atoms with Gasteiger partial charge >= 0.3 is 0 Å². The number of fused-ring (bicyclic) bond motifs is 2. The van der Waals surface area contributed by atoms with Crippen molar-refractivity contribution < 1.29 is 8.95 Å². The third-order valence-corrected chi connectivity index (χ3v) is 7.81. The summed E-state index contributed by atoms with van der Waals surface area (Å²) in [4.78, 5) is 5.40. The van der Waals surface area contributed by atoms with Gasteiger partial charge in [-0.05, 0) is 67.6 Å². The van der Waals surface area contributed by atoms with Gasteiger partial charge in [-0.25, -0.2) is 4.21 Å². The van der Waals surface area contributed by atoms with Crippen molar-refractivity contribution in [1.82, 2.24) is 5.32 Å². The molecule has 2 aromatic carbocycles. The molecule has 1 aliphatic heterocycles. The van der Waals surface area contributed by atoms with E-state index in [0.717, 1.165) is 53.0 Å². The van der Waals surface area contributed by atoms with Crippen LogP contribution >= 0.6 is 11.3 Å². The van der Waals surface area contributed by atoms with Crippen molar-refractivity contribution in [3.63, 3.8) is 0 Å². The molecular weight excluding hydrogens is 400 g/mol. The highest BCUT2D eigenvalue weighted by Gasteiger charge is 2.29. The fourth-order valence-corrected chi connectivity index (χ4v) is 6.02. The smallest absolute Gasteiger partial charge is 0.134 e. The summed E-state index contributed by atoms with van der Waals surface area (Å²) in [7, 11) is 0.581. The van der Waals surface area contributed by atoms with Gasteiger partial charge in [-0.3, -0.25) is 0 Å². The van der Waals surface area contributed by atoms with Crippen molar-refractivity contribution in [2.75, 3.05) is 25.1 Å². The molecule has 152 valence electrons. The maximum absolute atomic E-state index is 13.1. The molecule has 1 N–H and O–H groups in total. The van der Waals surface area contributed by atoms with Gasteiger partial charge in [0.05, 0.1) is 44.0 Å². The second-order valence-electron chi connectivity index (χ2n) is 7.18. The number of methoxy groups -OCH3 is 1. The summed E-state index contributed by atoms with van der Waals surface area (Å²) in [6.45, 7) is 6.85. The molecule has 0 aliphatic carbocycles. The van der Waals surface area contributed by atoms with Crippen LogP contribution < -0.4 is 15.0 Å². The number of nitrogens with one attached hydrogen (secondary N) is 1. The molecular formula is C23H26N2O2S2. The Kier molecular flexibility index (Phi) is 6.04. The van der Waals surface area contributed by atoms with E-state index in [1.54, 1.807) is 18.4 Å². The Hall–Kier alpha value is -2.15. The van der Waals surface area contributed by atoms with Crippen molar-refractivity contribution in [2.24, 2.45) is 0 Å². The number of rotatable bonds is 7. The summed E-state index contributed by atoms with van der Waals surface area (Å²) in [5, 5.41) is 5.59. The number of anilines is 2.